The molecule has 1 aliphatic rings. The molecule has 1 aromatic carbocycles. The van der Waals surface area contributed by atoms with Crippen molar-refractivity contribution in [2.75, 3.05) is 10.0 Å². The number of benzene rings is 1. The summed E-state index contributed by atoms with van der Waals surface area (Å²) in [6.45, 7) is 8.02. The molecule has 5 nitrogen and oxygen atoms in total. The van der Waals surface area contributed by atoms with Crippen LogP contribution in [0.1, 0.15) is 44.7 Å². The molecule has 2 N–H and O–H groups in total. The zero-order chi connectivity index (χ0) is 21.3. The van der Waals surface area contributed by atoms with E-state index >= 15 is 0 Å². The van der Waals surface area contributed by atoms with Crippen molar-refractivity contribution in [1.29, 1.82) is 0 Å². The van der Waals surface area contributed by atoms with Crippen LogP contribution in [0.25, 0.3) is 0 Å². The SMILES string of the molecule is CCc1ccc(Nc2c(NS(=O)C3CC3CC(C)C)cc(C)c(=O)n2C)c(F)c1. The molecule has 0 spiro atoms. The number of anilines is 3. The standard InChI is InChI=1S/C22H30FN3O2S/c1-6-15-7-8-18(17(23)11-15)24-21-19(10-14(4)22(27)26(21)5)25-29(28)20-12-16(20)9-13(2)3/h7-8,10-11,13,16,20,24-25H,6,9,12H2,1-5H3. The minimum atomic E-state index is -1.26. The molecule has 1 aliphatic carbocycles. The molecule has 2 aromatic rings. The van der Waals surface area contributed by atoms with Gasteiger partial charge in [0.15, 0.2) is 0 Å². The largest absolute Gasteiger partial charge is 0.337 e. The highest BCUT2D eigenvalue weighted by molar-refractivity contribution is 7.87. The highest BCUT2D eigenvalue weighted by atomic mass is 32.2. The van der Waals surface area contributed by atoms with Crippen molar-refractivity contribution in [3.05, 3.63) is 51.6 Å². The Bertz CT molecular complexity index is 987. The van der Waals surface area contributed by atoms with Gasteiger partial charge in [0.05, 0.1) is 16.6 Å². The fraction of sp³-hybridized carbons (Fsp3) is 0.500. The van der Waals surface area contributed by atoms with Crippen LogP contribution in [0.2, 0.25) is 0 Å². The fourth-order valence-electron chi connectivity index (χ4n) is 3.65. The van der Waals surface area contributed by atoms with Gasteiger partial charge in [-0.2, -0.15) is 0 Å². The van der Waals surface area contributed by atoms with Gasteiger partial charge in [-0.1, -0.05) is 26.8 Å². The van der Waals surface area contributed by atoms with Gasteiger partial charge in [0.1, 0.15) is 22.6 Å². The van der Waals surface area contributed by atoms with Crippen molar-refractivity contribution < 1.29 is 8.60 Å². The molecule has 29 heavy (non-hydrogen) atoms. The van der Waals surface area contributed by atoms with Gasteiger partial charge in [0.2, 0.25) is 0 Å². The lowest BCUT2D eigenvalue weighted by atomic mass is 10.1. The molecule has 3 atom stereocenters. The molecule has 0 bridgehead atoms. The van der Waals surface area contributed by atoms with E-state index in [1.54, 1.807) is 26.1 Å². The first kappa shape index (κ1) is 21.6. The summed E-state index contributed by atoms with van der Waals surface area (Å²) in [5, 5.41) is 3.14. The Labute approximate surface area is 174 Å². The van der Waals surface area contributed by atoms with Crippen LogP contribution in [-0.4, -0.2) is 14.0 Å². The number of hydrogen-bond donors (Lipinski definition) is 2. The molecule has 3 unspecified atom stereocenters. The molecule has 158 valence electrons. The summed E-state index contributed by atoms with van der Waals surface area (Å²) >= 11 is 0. The minimum absolute atomic E-state index is 0.114. The molecule has 1 fully saturated rings. The quantitative estimate of drug-likeness (QED) is 0.655. The number of nitrogens with one attached hydrogen (secondary N) is 2. The van der Waals surface area contributed by atoms with Crippen LogP contribution in [0, 0.1) is 24.6 Å². The van der Waals surface area contributed by atoms with Crippen molar-refractivity contribution >= 4 is 28.2 Å². The van der Waals surface area contributed by atoms with E-state index < -0.39 is 11.0 Å². The van der Waals surface area contributed by atoms with E-state index in [2.05, 4.69) is 23.9 Å². The third-order valence-corrected chi connectivity index (χ3v) is 6.95. The highest BCUT2D eigenvalue weighted by Gasteiger charge is 2.42. The second-order valence-corrected chi connectivity index (χ2v) is 9.71. The number of hydrogen-bond acceptors (Lipinski definition) is 3. The monoisotopic (exact) mass is 419 g/mol. The van der Waals surface area contributed by atoms with Crippen LogP contribution in [-0.2, 0) is 24.5 Å². The Morgan fingerprint density at radius 1 is 1.28 bits per heavy atom. The van der Waals surface area contributed by atoms with Gasteiger partial charge < -0.3 is 10.0 Å². The Morgan fingerprint density at radius 2 is 2.00 bits per heavy atom. The summed E-state index contributed by atoms with van der Waals surface area (Å²) in [4.78, 5) is 12.4. The summed E-state index contributed by atoms with van der Waals surface area (Å²) in [7, 11) is 0.369. The number of nitrogens with zero attached hydrogens (tertiary/aromatic N) is 1. The van der Waals surface area contributed by atoms with Crippen LogP contribution >= 0.6 is 0 Å². The maximum Gasteiger partial charge on any atom is 0.254 e. The van der Waals surface area contributed by atoms with Crippen LogP contribution in [0.5, 0.6) is 0 Å². The Morgan fingerprint density at radius 3 is 2.62 bits per heavy atom. The fourth-order valence-corrected chi connectivity index (χ4v) is 5.06. The second kappa shape index (κ2) is 8.69. The van der Waals surface area contributed by atoms with E-state index in [1.807, 2.05) is 13.0 Å². The van der Waals surface area contributed by atoms with Gasteiger partial charge >= 0.3 is 0 Å². The van der Waals surface area contributed by atoms with Crippen LogP contribution < -0.4 is 15.6 Å². The van der Waals surface area contributed by atoms with Crippen molar-refractivity contribution in [3.63, 3.8) is 0 Å². The molecule has 1 aromatic heterocycles. The van der Waals surface area contributed by atoms with Crippen molar-refractivity contribution in [2.24, 2.45) is 18.9 Å². The maximum absolute atomic E-state index is 14.5. The third-order valence-electron chi connectivity index (χ3n) is 5.41. The van der Waals surface area contributed by atoms with Gasteiger partial charge in [-0.25, -0.2) is 8.60 Å². The molecule has 0 radical (unpaired) electrons. The topological polar surface area (TPSA) is 63.1 Å². The second-order valence-electron chi connectivity index (χ2n) is 8.31. The van der Waals surface area contributed by atoms with Crippen LogP contribution in [0.3, 0.4) is 0 Å². The Balaban J connectivity index is 1.88. The number of halogens is 1. The van der Waals surface area contributed by atoms with Gasteiger partial charge in [0, 0.05) is 12.6 Å². The van der Waals surface area contributed by atoms with E-state index in [1.165, 1.54) is 10.6 Å². The zero-order valence-electron chi connectivity index (χ0n) is 17.7. The summed E-state index contributed by atoms with van der Waals surface area (Å²) in [5.41, 5.74) is 2.07. The minimum Gasteiger partial charge on any atom is -0.337 e. The Kier molecular flexibility index (Phi) is 6.46. The van der Waals surface area contributed by atoms with E-state index in [0.29, 0.717) is 28.9 Å². The average molecular weight is 420 g/mol. The van der Waals surface area contributed by atoms with Gasteiger partial charge in [-0.3, -0.25) is 9.36 Å². The zero-order valence-corrected chi connectivity index (χ0v) is 18.5. The van der Waals surface area contributed by atoms with E-state index in [4.69, 9.17) is 0 Å². The lowest BCUT2D eigenvalue weighted by molar-refractivity contribution is 0.540. The summed E-state index contributed by atoms with van der Waals surface area (Å²) < 4.78 is 31.9. The first-order valence-corrected chi connectivity index (χ1v) is 11.4. The first-order chi connectivity index (χ1) is 13.7. The number of aryl methyl sites for hydroxylation is 2. The molecule has 3 rings (SSSR count). The molecule has 1 heterocycles. The van der Waals surface area contributed by atoms with Crippen molar-refractivity contribution in [2.45, 2.75) is 52.2 Å². The molecule has 0 saturated heterocycles. The normalized spacial score (nSPS) is 19.3. The number of rotatable bonds is 8. The Hall–Kier alpha value is -2.15. The first-order valence-electron chi connectivity index (χ1n) is 10.1. The van der Waals surface area contributed by atoms with Gasteiger partial charge in [0.25, 0.3) is 5.56 Å². The summed E-state index contributed by atoms with van der Waals surface area (Å²) in [6, 6.07) is 6.68. The van der Waals surface area contributed by atoms with Gasteiger partial charge in [-0.15, -0.1) is 0 Å². The highest BCUT2D eigenvalue weighted by Crippen LogP contribution is 2.41. The van der Waals surface area contributed by atoms with Gasteiger partial charge in [-0.05, 0) is 61.8 Å². The predicted octanol–water partition coefficient (Wildman–Crippen LogP) is 4.65. The molecule has 0 aliphatic heterocycles. The summed E-state index contributed by atoms with van der Waals surface area (Å²) in [6.07, 6.45) is 2.74. The lowest BCUT2D eigenvalue weighted by Gasteiger charge is -2.18. The molecular formula is C22H30FN3O2S. The molecule has 0 amide bonds. The number of pyridine rings is 1. The smallest absolute Gasteiger partial charge is 0.254 e. The van der Waals surface area contributed by atoms with E-state index in [0.717, 1.165) is 24.8 Å². The van der Waals surface area contributed by atoms with Crippen molar-refractivity contribution in [1.82, 2.24) is 4.57 Å². The van der Waals surface area contributed by atoms with E-state index in [9.17, 15) is 13.4 Å². The van der Waals surface area contributed by atoms with Crippen LogP contribution in [0.15, 0.2) is 29.1 Å². The van der Waals surface area contributed by atoms with Crippen molar-refractivity contribution in [3.8, 4) is 0 Å². The number of aromatic nitrogens is 1. The average Bonchev–Trinajstić information content (AvgIpc) is 3.42. The molecule has 7 heteroatoms. The van der Waals surface area contributed by atoms with E-state index in [-0.39, 0.29) is 22.3 Å². The summed E-state index contributed by atoms with van der Waals surface area (Å²) in [5.74, 6) is 1.06. The third kappa shape index (κ3) is 4.89. The lowest BCUT2D eigenvalue weighted by Crippen LogP contribution is -2.24. The predicted molar refractivity (Wildman–Crippen MR) is 119 cm³/mol. The maximum atomic E-state index is 14.5. The molecule has 1 saturated carbocycles. The van der Waals surface area contributed by atoms with Crippen LogP contribution in [0.4, 0.5) is 21.6 Å². The molecular weight excluding hydrogens is 389 g/mol.